The number of hydrogen-bond donors (Lipinski definition) is 1. The van der Waals surface area contributed by atoms with Crippen molar-refractivity contribution in [2.45, 2.75) is 25.0 Å². The van der Waals surface area contributed by atoms with Gasteiger partial charge in [-0.3, -0.25) is 4.90 Å². The summed E-state index contributed by atoms with van der Waals surface area (Å²) in [7, 11) is 5.91. The van der Waals surface area contributed by atoms with Crippen molar-refractivity contribution in [2.24, 2.45) is 0 Å². The van der Waals surface area contributed by atoms with Crippen LogP contribution in [-0.4, -0.2) is 61.8 Å². The Kier molecular flexibility index (Phi) is 5.40. The Morgan fingerprint density at radius 1 is 1.45 bits per heavy atom. The molecule has 2 rings (SSSR count). The number of piperidine rings is 1. The number of rotatable bonds is 5. The van der Waals surface area contributed by atoms with E-state index >= 15 is 0 Å². The first-order valence-electron chi connectivity index (χ1n) is 7.31. The maximum absolute atomic E-state index is 10.5. The summed E-state index contributed by atoms with van der Waals surface area (Å²) >= 11 is 0. The molecule has 1 fully saturated rings. The predicted octanol–water partition coefficient (Wildman–Crippen LogP) is 1.75. The topological polar surface area (TPSA) is 35.9 Å². The van der Waals surface area contributed by atoms with Crippen LogP contribution in [0.5, 0.6) is 5.75 Å². The van der Waals surface area contributed by atoms with Gasteiger partial charge in [-0.25, -0.2) is 0 Å². The van der Waals surface area contributed by atoms with Crippen LogP contribution in [0.15, 0.2) is 24.3 Å². The maximum Gasteiger partial charge on any atom is 0.124 e. The number of likely N-dealkylation sites (N-methyl/N-ethyl adjacent to an activating group) is 2. The van der Waals surface area contributed by atoms with Gasteiger partial charge >= 0.3 is 0 Å². The molecule has 1 N–H and O–H groups in total. The fraction of sp³-hybridized carbons (Fsp3) is 0.625. The van der Waals surface area contributed by atoms with Gasteiger partial charge in [0.25, 0.3) is 0 Å². The van der Waals surface area contributed by atoms with Crippen molar-refractivity contribution in [3.8, 4) is 5.75 Å². The van der Waals surface area contributed by atoms with E-state index in [2.05, 4.69) is 23.9 Å². The molecule has 1 heterocycles. The quantitative estimate of drug-likeness (QED) is 0.890. The van der Waals surface area contributed by atoms with E-state index in [4.69, 9.17) is 4.74 Å². The van der Waals surface area contributed by atoms with Crippen LogP contribution in [0.3, 0.4) is 0 Å². The SMILES string of the molecule is COc1ccccc1C(O)CN(C)C1CCCN(C)C1. The van der Waals surface area contributed by atoms with E-state index in [1.807, 2.05) is 24.3 Å². The summed E-state index contributed by atoms with van der Waals surface area (Å²) in [5.74, 6) is 0.758. The number of para-hydroxylation sites is 1. The third-order valence-corrected chi connectivity index (χ3v) is 4.18. The van der Waals surface area contributed by atoms with Crippen molar-refractivity contribution in [1.29, 1.82) is 0 Å². The lowest BCUT2D eigenvalue weighted by Gasteiger charge is -2.36. The lowest BCUT2D eigenvalue weighted by molar-refractivity contribution is 0.0730. The minimum absolute atomic E-state index is 0.511. The summed E-state index contributed by atoms with van der Waals surface area (Å²) in [6.07, 6.45) is 1.93. The molecule has 0 saturated carbocycles. The molecule has 20 heavy (non-hydrogen) atoms. The van der Waals surface area contributed by atoms with E-state index in [9.17, 15) is 5.11 Å². The molecule has 112 valence electrons. The van der Waals surface area contributed by atoms with Crippen LogP contribution in [0.4, 0.5) is 0 Å². The largest absolute Gasteiger partial charge is 0.496 e. The van der Waals surface area contributed by atoms with Gasteiger partial charge in [0.15, 0.2) is 0 Å². The first-order chi connectivity index (χ1) is 9.61. The fourth-order valence-corrected chi connectivity index (χ4v) is 2.96. The summed E-state index contributed by atoms with van der Waals surface area (Å²) in [6, 6.07) is 8.22. The number of ether oxygens (including phenoxy) is 1. The lowest BCUT2D eigenvalue weighted by Crippen LogP contribution is -2.46. The molecule has 2 atom stereocenters. The first-order valence-corrected chi connectivity index (χ1v) is 7.31. The molecule has 0 amide bonds. The van der Waals surface area contributed by atoms with Crippen LogP contribution in [0.1, 0.15) is 24.5 Å². The summed E-state index contributed by atoms with van der Waals surface area (Å²) in [6.45, 7) is 2.90. The number of likely N-dealkylation sites (tertiary alicyclic amines) is 1. The Bertz CT molecular complexity index is 425. The average Bonchev–Trinajstić information content (AvgIpc) is 2.47. The van der Waals surface area contributed by atoms with Gasteiger partial charge in [-0.05, 0) is 39.5 Å². The van der Waals surface area contributed by atoms with E-state index < -0.39 is 6.10 Å². The molecule has 0 radical (unpaired) electrons. The zero-order valence-corrected chi connectivity index (χ0v) is 12.7. The number of methoxy groups -OCH3 is 1. The van der Waals surface area contributed by atoms with Gasteiger partial charge in [-0.2, -0.15) is 0 Å². The molecule has 1 aliphatic rings. The summed E-state index contributed by atoms with van der Waals surface area (Å²) in [5.41, 5.74) is 0.867. The number of hydrogen-bond acceptors (Lipinski definition) is 4. The highest BCUT2D eigenvalue weighted by Crippen LogP contribution is 2.26. The van der Waals surface area contributed by atoms with E-state index in [1.165, 1.54) is 19.4 Å². The Morgan fingerprint density at radius 2 is 2.20 bits per heavy atom. The van der Waals surface area contributed by atoms with Crippen LogP contribution in [0.25, 0.3) is 0 Å². The van der Waals surface area contributed by atoms with Crippen LogP contribution < -0.4 is 4.74 Å². The highest BCUT2D eigenvalue weighted by Gasteiger charge is 2.23. The minimum atomic E-state index is -0.511. The van der Waals surface area contributed by atoms with Gasteiger partial charge in [-0.1, -0.05) is 18.2 Å². The second kappa shape index (κ2) is 7.07. The molecule has 2 unspecified atom stereocenters. The van der Waals surface area contributed by atoms with Gasteiger partial charge in [0.1, 0.15) is 5.75 Å². The number of aliphatic hydroxyl groups is 1. The van der Waals surface area contributed by atoms with Crippen molar-refractivity contribution in [2.75, 3.05) is 40.8 Å². The standard InChI is InChI=1S/C16H26N2O2/c1-17-10-6-7-13(11-17)18(2)12-15(19)14-8-4-5-9-16(14)20-3/h4-5,8-9,13,15,19H,6-7,10-12H2,1-3H3. The maximum atomic E-state index is 10.5. The minimum Gasteiger partial charge on any atom is -0.496 e. The Hall–Kier alpha value is -1.10. The smallest absolute Gasteiger partial charge is 0.124 e. The Morgan fingerprint density at radius 3 is 2.90 bits per heavy atom. The van der Waals surface area contributed by atoms with Crippen molar-refractivity contribution in [3.05, 3.63) is 29.8 Å². The first kappa shape index (κ1) is 15.3. The molecular formula is C16H26N2O2. The molecule has 0 bridgehead atoms. The van der Waals surface area contributed by atoms with E-state index in [0.717, 1.165) is 17.9 Å². The molecule has 0 spiro atoms. The monoisotopic (exact) mass is 278 g/mol. The molecule has 1 aromatic carbocycles. The predicted molar refractivity (Wildman–Crippen MR) is 81.1 cm³/mol. The molecule has 0 aromatic heterocycles. The van der Waals surface area contributed by atoms with Gasteiger partial charge < -0.3 is 14.7 Å². The number of nitrogens with zero attached hydrogens (tertiary/aromatic N) is 2. The second-order valence-corrected chi connectivity index (χ2v) is 5.76. The van der Waals surface area contributed by atoms with Crippen molar-refractivity contribution in [1.82, 2.24) is 9.80 Å². The lowest BCUT2D eigenvalue weighted by atomic mass is 10.0. The molecular weight excluding hydrogens is 252 g/mol. The molecule has 4 nitrogen and oxygen atoms in total. The molecule has 1 saturated heterocycles. The average molecular weight is 278 g/mol. The summed E-state index contributed by atoms with van der Waals surface area (Å²) in [4.78, 5) is 4.63. The van der Waals surface area contributed by atoms with Crippen molar-refractivity contribution < 1.29 is 9.84 Å². The third-order valence-electron chi connectivity index (χ3n) is 4.18. The third kappa shape index (κ3) is 3.72. The van der Waals surface area contributed by atoms with Crippen LogP contribution in [0.2, 0.25) is 0 Å². The van der Waals surface area contributed by atoms with Gasteiger partial charge in [0, 0.05) is 24.7 Å². The van der Waals surface area contributed by atoms with Gasteiger partial charge in [0.05, 0.1) is 13.2 Å². The molecule has 1 aliphatic heterocycles. The van der Waals surface area contributed by atoms with Crippen LogP contribution >= 0.6 is 0 Å². The normalized spacial score (nSPS) is 21.9. The summed E-state index contributed by atoms with van der Waals surface area (Å²) < 4.78 is 5.32. The van der Waals surface area contributed by atoms with Crippen molar-refractivity contribution >= 4 is 0 Å². The van der Waals surface area contributed by atoms with Crippen LogP contribution in [0, 0.1) is 0 Å². The van der Waals surface area contributed by atoms with Crippen molar-refractivity contribution in [3.63, 3.8) is 0 Å². The zero-order chi connectivity index (χ0) is 14.5. The van der Waals surface area contributed by atoms with E-state index in [-0.39, 0.29) is 0 Å². The van der Waals surface area contributed by atoms with E-state index in [1.54, 1.807) is 7.11 Å². The highest BCUT2D eigenvalue weighted by atomic mass is 16.5. The zero-order valence-electron chi connectivity index (χ0n) is 12.7. The highest BCUT2D eigenvalue weighted by molar-refractivity contribution is 5.35. The van der Waals surface area contributed by atoms with Gasteiger partial charge in [0.2, 0.25) is 0 Å². The van der Waals surface area contributed by atoms with Crippen LogP contribution in [-0.2, 0) is 0 Å². The van der Waals surface area contributed by atoms with E-state index in [0.29, 0.717) is 12.6 Å². The second-order valence-electron chi connectivity index (χ2n) is 5.76. The number of benzene rings is 1. The Balaban J connectivity index is 1.98. The van der Waals surface area contributed by atoms with Gasteiger partial charge in [-0.15, -0.1) is 0 Å². The summed E-state index contributed by atoms with van der Waals surface area (Å²) in [5, 5.41) is 10.5. The molecule has 4 heteroatoms. The number of aliphatic hydroxyl groups excluding tert-OH is 1. The molecule has 1 aromatic rings. The molecule has 0 aliphatic carbocycles. The Labute approximate surface area is 122 Å². The fourth-order valence-electron chi connectivity index (χ4n) is 2.96.